The summed E-state index contributed by atoms with van der Waals surface area (Å²) < 4.78 is 27.8. The van der Waals surface area contributed by atoms with Gasteiger partial charge in [-0.1, -0.05) is 30.3 Å². The molecule has 0 aliphatic carbocycles. The molecule has 0 heterocycles. The Morgan fingerprint density at radius 1 is 1.04 bits per heavy atom. The van der Waals surface area contributed by atoms with Crippen LogP contribution in [0.25, 0.3) is 0 Å². The van der Waals surface area contributed by atoms with Gasteiger partial charge in [-0.25, -0.2) is 13.2 Å². The average molecular weight is 389 g/mol. The number of ether oxygens (including phenoxy) is 1. The molecule has 1 unspecified atom stereocenters. The van der Waals surface area contributed by atoms with E-state index >= 15 is 0 Å². The minimum absolute atomic E-state index is 0.0505. The summed E-state index contributed by atoms with van der Waals surface area (Å²) in [6.45, 7) is 1.51. The highest BCUT2D eigenvalue weighted by molar-refractivity contribution is 7.90. The minimum Gasteiger partial charge on any atom is -0.452 e. The summed E-state index contributed by atoms with van der Waals surface area (Å²) in [5.41, 5.74) is 1.38. The number of aryl methyl sites for hydroxylation is 1. The van der Waals surface area contributed by atoms with E-state index < -0.39 is 15.8 Å². The Labute approximate surface area is 159 Å². The van der Waals surface area contributed by atoms with Gasteiger partial charge in [-0.05, 0) is 49.6 Å². The molecule has 2 aromatic rings. The van der Waals surface area contributed by atoms with Crippen LogP contribution in [-0.4, -0.2) is 39.2 Å². The van der Waals surface area contributed by atoms with E-state index in [9.17, 15) is 18.0 Å². The van der Waals surface area contributed by atoms with Gasteiger partial charge in [0.2, 0.25) is 0 Å². The van der Waals surface area contributed by atoms with Crippen LogP contribution in [-0.2, 0) is 25.8 Å². The lowest BCUT2D eigenvalue weighted by atomic mass is 10.1. The van der Waals surface area contributed by atoms with Crippen molar-refractivity contribution in [1.29, 1.82) is 0 Å². The van der Waals surface area contributed by atoms with Crippen LogP contribution in [0.15, 0.2) is 59.5 Å². The highest BCUT2D eigenvalue weighted by atomic mass is 32.2. The number of carbonyl (C=O) groups is 2. The molecular formula is C20H23NO5S. The van der Waals surface area contributed by atoms with Gasteiger partial charge in [-0.15, -0.1) is 0 Å². The standard InChI is InChI=1S/C20H23NO5S/c1-15(8-9-16-6-4-3-5-7-16)21-19(22)14-26-20(23)17-10-12-18(13-11-17)27(2,24)25/h3-7,10-13,15H,8-9,14H2,1-2H3,(H,21,22). The van der Waals surface area contributed by atoms with Crippen molar-refractivity contribution in [2.75, 3.05) is 12.9 Å². The monoisotopic (exact) mass is 389 g/mol. The molecule has 2 aromatic carbocycles. The van der Waals surface area contributed by atoms with Crippen LogP contribution in [0.4, 0.5) is 0 Å². The predicted molar refractivity (Wildman–Crippen MR) is 102 cm³/mol. The first kappa shape index (κ1) is 20.6. The quantitative estimate of drug-likeness (QED) is 0.700. The molecule has 6 nitrogen and oxygen atoms in total. The van der Waals surface area contributed by atoms with Crippen LogP contribution in [0.1, 0.15) is 29.3 Å². The third-order valence-corrected chi connectivity index (χ3v) is 5.10. The summed E-state index contributed by atoms with van der Waals surface area (Å²) in [6.07, 6.45) is 2.70. The van der Waals surface area contributed by atoms with E-state index in [0.717, 1.165) is 19.1 Å². The Balaban J connectivity index is 1.76. The second-order valence-electron chi connectivity index (χ2n) is 6.37. The van der Waals surface area contributed by atoms with Gasteiger partial charge in [0.15, 0.2) is 16.4 Å². The van der Waals surface area contributed by atoms with E-state index in [-0.39, 0.29) is 29.0 Å². The smallest absolute Gasteiger partial charge is 0.338 e. The molecule has 0 spiro atoms. The van der Waals surface area contributed by atoms with Crippen molar-refractivity contribution < 1.29 is 22.7 Å². The molecule has 1 atom stereocenters. The lowest BCUT2D eigenvalue weighted by Crippen LogP contribution is -2.36. The van der Waals surface area contributed by atoms with Crippen molar-refractivity contribution in [2.45, 2.75) is 30.7 Å². The van der Waals surface area contributed by atoms with Crippen LogP contribution in [0.2, 0.25) is 0 Å². The molecule has 0 radical (unpaired) electrons. The summed E-state index contributed by atoms with van der Waals surface area (Å²) in [7, 11) is -3.33. The van der Waals surface area contributed by atoms with E-state index in [1.807, 2.05) is 37.3 Å². The summed E-state index contributed by atoms with van der Waals surface area (Å²) in [6, 6.07) is 15.3. The van der Waals surface area contributed by atoms with Gasteiger partial charge in [0, 0.05) is 12.3 Å². The van der Waals surface area contributed by atoms with Crippen molar-refractivity contribution in [2.24, 2.45) is 0 Å². The number of benzene rings is 2. The second kappa shape index (κ2) is 9.32. The Hall–Kier alpha value is -2.67. The number of carbonyl (C=O) groups excluding carboxylic acids is 2. The zero-order valence-electron chi connectivity index (χ0n) is 15.3. The fourth-order valence-corrected chi connectivity index (χ4v) is 3.10. The molecule has 2 rings (SSSR count). The molecule has 1 N–H and O–H groups in total. The molecule has 0 bridgehead atoms. The zero-order chi connectivity index (χ0) is 19.9. The molecule has 0 saturated carbocycles. The van der Waals surface area contributed by atoms with E-state index in [0.29, 0.717) is 0 Å². The molecule has 0 saturated heterocycles. The summed E-state index contributed by atoms with van der Waals surface area (Å²) in [4.78, 5) is 24.0. The number of nitrogens with one attached hydrogen (secondary N) is 1. The molecule has 1 amide bonds. The fourth-order valence-electron chi connectivity index (χ4n) is 2.47. The lowest BCUT2D eigenvalue weighted by Gasteiger charge is -2.14. The third-order valence-electron chi connectivity index (χ3n) is 3.97. The van der Waals surface area contributed by atoms with Crippen LogP contribution >= 0.6 is 0 Å². The second-order valence-corrected chi connectivity index (χ2v) is 8.38. The number of rotatable bonds is 8. The maximum atomic E-state index is 12.0. The van der Waals surface area contributed by atoms with Crippen molar-refractivity contribution in [3.63, 3.8) is 0 Å². The molecule has 0 aliphatic rings. The lowest BCUT2D eigenvalue weighted by molar-refractivity contribution is -0.124. The van der Waals surface area contributed by atoms with Crippen LogP contribution in [0.5, 0.6) is 0 Å². The number of hydrogen-bond acceptors (Lipinski definition) is 5. The fraction of sp³-hybridized carbons (Fsp3) is 0.300. The first-order valence-electron chi connectivity index (χ1n) is 8.56. The molecule has 144 valence electrons. The van der Waals surface area contributed by atoms with Crippen LogP contribution in [0, 0.1) is 0 Å². The van der Waals surface area contributed by atoms with Crippen molar-refractivity contribution in [3.05, 3.63) is 65.7 Å². The zero-order valence-corrected chi connectivity index (χ0v) is 16.2. The van der Waals surface area contributed by atoms with Crippen molar-refractivity contribution in [3.8, 4) is 0 Å². The van der Waals surface area contributed by atoms with Crippen molar-refractivity contribution in [1.82, 2.24) is 5.32 Å². The van der Waals surface area contributed by atoms with E-state index in [2.05, 4.69) is 5.32 Å². The molecule has 27 heavy (non-hydrogen) atoms. The van der Waals surface area contributed by atoms with Gasteiger partial charge >= 0.3 is 5.97 Å². The van der Waals surface area contributed by atoms with Gasteiger partial charge in [0.1, 0.15) is 0 Å². The van der Waals surface area contributed by atoms with Gasteiger partial charge in [-0.3, -0.25) is 4.79 Å². The molecule has 0 fully saturated rings. The number of hydrogen-bond donors (Lipinski definition) is 1. The van der Waals surface area contributed by atoms with E-state index in [4.69, 9.17) is 4.74 Å². The number of amides is 1. The van der Waals surface area contributed by atoms with Gasteiger partial charge in [0.25, 0.3) is 5.91 Å². The summed E-state index contributed by atoms with van der Waals surface area (Å²) in [5.74, 6) is -1.06. The van der Waals surface area contributed by atoms with Crippen LogP contribution in [0.3, 0.4) is 0 Å². The normalized spacial score (nSPS) is 12.2. The maximum absolute atomic E-state index is 12.0. The highest BCUT2D eigenvalue weighted by Crippen LogP contribution is 2.11. The first-order valence-corrected chi connectivity index (χ1v) is 10.5. The largest absolute Gasteiger partial charge is 0.452 e. The Morgan fingerprint density at radius 2 is 1.67 bits per heavy atom. The maximum Gasteiger partial charge on any atom is 0.338 e. The molecular weight excluding hydrogens is 366 g/mol. The molecule has 7 heteroatoms. The Bertz CT molecular complexity index is 876. The minimum atomic E-state index is -3.33. The summed E-state index contributed by atoms with van der Waals surface area (Å²) >= 11 is 0. The first-order chi connectivity index (χ1) is 12.8. The SMILES string of the molecule is CC(CCc1ccccc1)NC(=O)COC(=O)c1ccc(S(C)(=O)=O)cc1. The number of esters is 1. The topological polar surface area (TPSA) is 89.5 Å². The summed E-state index contributed by atoms with van der Waals surface area (Å²) in [5, 5.41) is 2.79. The van der Waals surface area contributed by atoms with Crippen molar-refractivity contribution >= 4 is 21.7 Å². The predicted octanol–water partition coefficient (Wildman–Crippen LogP) is 2.38. The van der Waals surface area contributed by atoms with Gasteiger partial charge in [-0.2, -0.15) is 0 Å². The molecule has 0 aromatic heterocycles. The van der Waals surface area contributed by atoms with Crippen LogP contribution < -0.4 is 5.32 Å². The van der Waals surface area contributed by atoms with E-state index in [1.165, 1.54) is 29.8 Å². The molecule has 0 aliphatic heterocycles. The van der Waals surface area contributed by atoms with Gasteiger partial charge in [0.05, 0.1) is 10.5 Å². The Morgan fingerprint density at radius 3 is 2.26 bits per heavy atom. The number of sulfone groups is 1. The average Bonchev–Trinajstić information content (AvgIpc) is 2.64. The van der Waals surface area contributed by atoms with Gasteiger partial charge < -0.3 is 10.1 Å². The third kappa shape index (κ3) is 6.86. The van der Waals surface area contributed by atoms with E-state index in [1.54, 1.807) is 0 Å². The Kier molecular flexibility index (Phi) is 7.12. The highest BCUT2D eigenvalue weighted by Gasteiger charge is 2.14.